The molecule has 1 aliphatic rings. The van der Waals surface area contributed by atoms with Gasteiger partial charge in [0.1, 0.15) is 5.69 Å². The molecule has 2 amide bonds. The van der Waals surface area contributed by atoms with Gasteiger partial charge in [0.15, 0.2) is 11.6 Å². The van der Waals surface area contributed by atoms with Crippen molar-refractivity contribution in [3.8, 4) is 11.3 Å². The van der Waals surface area contributed by atoms with E-state index in [2.05, 4.69) is 5.10 Å². The lowest BCUT2D eigenvalue weighted by molar-refractivity contribution is 0.0993. The maximum Gasteiger partial charge on any atom is 0.407 e. The van der Waals surface area contributed by atoms with Crippen LogP contribution in [0.2, 0.25) is 0 Å². The zero-order valence-corrected chi connectivity index (χ0v) is 11.8. The number of hydrogen-bond donors (Lipinski definition) is 2. The lowest BCUT2D eigenvalue weighted by atomic mass is 10.0. The van der Waals surface area contributed by atoms with Crippen molar-refractivity contribution in [3.05, 3.63) is 41.1 Å². The lowest BCUT2D eigenvalue weighted by Crippen LogP contribution is -2.38. The summed E-state index contributed by atoms with van der Waals surface area (Å²) in [5, 5.41) is 13.3. The van der Waals surface area contributed by atoms with E-state index in [0.29, 0.717) is 5.69 Å². The van der Waals surface area contributed by atoms with Gasteiger partial charge in [-0.3, -0.25) is 9.48 Å². The van der Waals surface area contributed by atoms with Crippen LogP contribution in [0.5, 0.6) is 0 Å². The van der Waals surface area contributed by atoms with Gasteiger partial charge >= 0.3 is 6.09 Å². The topological polar surface area (TPSA) is 101 Å². The Morgan fingerprint density at radius 3 is 2.57 bits per heavy atom. The summed E-state index contributed by atoms with van der Waals surface area (Å²) in [7, 11) is 0. The zero-order valence-electron chi connectivity index (χ0n) is 11.8. The number of rotatable bonds is 2. The molecule has 7 nitrogen and oxygen atoms in total. The third kappa shape index (κ3) is 2.50. The van der Waals surface area contributed by atoms with Gasteiger partial charge in [-0.15, -0.1) is 0 Å². The van der Waals surface area contributed by atoms with Gasteiger partial charge in [-0.05, 0) is 18.2 Å². The van der Waals surface area contributed by atoms with E-state index >= 15 is 0 Å². The van der Waals surface area contributed by atoms with Crippen LogP contribution in [0.25, 0.3) is 11.3 Å². The average molecular weight is 322 g/mol. The van der Waals surface area contributed by atoms with Gasteiger partial charge in [-0.1, -0.05) is 0 Å². The SMILES string of the molecule is NC(=O)c1c(-c2ccc(F)c(F)c2)nn2c1CN(C(=O)O)CC2. The molecule has 0 bridgehead atoms. The van der Waals surface area contributed by atoms with Crippen molar-refractivity contribution in [1.82, 2.24) is 14.7 Å². The molecule has 1 aromatic carbocycles. The van der Waals surface area contributed by atoms with E-state index in [4.69, 9.17) is 10.8 Å². The maximum atomic E-state index is 13.4. The summed E-state index contributed by atoms with van der Waals surface area (Å²) in [6, 6.07) is 3.14. The van der Waals surface area contributed by atoms with Crippen LogP contribution in [0.4, 0.5) is 13.6 Å². The second-order valence-electron chi connectivity index (χ2n) is 5.09. The molecule has 3 N–H and O–H groups in total. The molecule has 0 unspecified atom stereocenters. The predicted octanol–water partition coefficient (Wildman–Crippen LogP) is 1.42. The van der Waals surface area contributed by atoms with Crippen molar-refractivity contribution < 1.29 is 23.5 Å². The molecule has 0 radical (unpaired) electrons. The highest BCUT2D eigenvalue weighted by atomic mass is 19.2. The van der Waals surface area contributed by atoms with Gasteiger partial charge in [-0.2, -0.15) is 5.10 Å². The number of primary amides is 1. The van der Waals surface area contributed by atoms with Crippen molar-refractivity contribution in [1.29, 1.82) is 0 Å². The van der Waals surface area contributed by atoms with Crippen molar-refractivity contribution >= 4 is 12.0 Å². The van der Waals surface area contributed by atoms with Crippen LogP contribution in [0, 0.1) is 11.6 Å². The van der Waals surface area contributed by atoms with Crippen molar-refractivity contribution in [3.63, 3.8) is 0 Å². The smallest absolute Gasteiger partial charge is 0.407 e. The molecule has 0 spiro atoms. The molecule has 0 atom stereocenters. The molecule has 9 heteroatoms. The fourth-order valence-electron chi connectivity index (χ4n) is 2.59. The summed E-state index contributed by atoms with van der Waals surface area (Å²) < 4.78 is 28.0. The summed E-state index contributed by atoms with van der Waals surface area (Å²) >= 11 is 0. The Kier molecular flexibility index (Phi) is 3.47. The fraction of sp³-hybridized carbons (Fsp3) is 0.214. The third-order valence-corrected chi connectivity index (χ3v) is 3.69. The molecular weight excluding hydrogens is 310 g/mol. The molecule has 23 heavy (non-hydrogen) atoms. The van der Waals surface area contributed by atoms with E-state index in [-0.39, 0.29) is 36.5 Å². The second-order valence-corrected chi connectivity index (χ2v) is 5.09. The molecule has 3 rings (SSSR count). The van der Waals surface area contributed by atoms with E-state index in [1.165, 1.54) is 10.7 Å². The molecule has 0 fully saturated rings. The molecule has 2 aromatic rings. The van der Waals surface area contributed by atoms with Gasteiger partial charge < -0.3 is 15.7 Å². The number of hydrogen-bond acceptors (Lipinski definition) is 3. The van der Waals surface area contributed by atoms with Gasteiger partial charge in [0, 0.05) is 12.1 Å². The summed E-state index contributed by atoms with van der Waals surface area (Å²) in [6.45, 7) is 0.398. The number of aromatic nitrogens is 2. The first-order chi connectivity index (χ1) is 10.9. The Bertz CT molecular complexity index is 819. The first-order valence-electron chi connectivity index (χ1n) is 6.71. The van der Waals surface area contributed by atoms with Crippen molar-refractivity contribution in [2.24, 2.45) is 5.73 Å². The Balaban J connectivity index is 2.14. The number of nitrogens with zero attached hydrogens (tertiary/aromatic N) is 3. The highest BCUT2D eigenvalue weighted by molar-refractivity contribution is 6.00. The number of halogens is 2. The highest BCUT2D eigenvalue weighted by Gasteiger charge is 2.29. The molecule has 0 saturated carbocycles. The number of carbonyl (C=O) groups is 2. The van der Waals surface area contributed by atoms with Gasteiger partial charge in [0.25, 0.3) is 5.91 Å². The summed E-state index contributed by atoms with van der Waals surface area (Å²) in [5.41, 5.74) is 6.04. The standard InChI is InChI=1S/C14H12F2N4O3/c15-8-2-1-7(5-9(8)16)12-11(13(17)21)10-6-19(14(22)23)3-4-20(10)18-12/h1-2,5H,3-4,6H2,(H2,17,21)(H,22,23). The number of amides is 2. The van der Waals surface area contributed by atoms with E-state index in [1.807, 2.05) is 0 Å². The molecule has 2 heterocycles. The summed E-state index contributed by atoms with van der Waals surface area (Å²) in [6.07, 6.45) is -1.12. The number of carboxylic acid groups (broad SMARTS) is 1. The highest BCUT2D eigenvalue weighted by Crippen LogP contribution is 2.29. The Morgan fingerprint density at radius 2 is 1.96 bits per heavy atom. The number of carbonyl (C=O) groups excluding carboxylic acids is 1. The van der Waals surface area contributed by atoms with Crippen LogP contribution in [0.3, 0.4) is 0 Å². The van der Waals surface area contributed by atoms with Gasteiger partial charge in [0.05, 0.1) is 24.3 Å². The Morgan fingerprint density at radius 1 is 1.22 bits per heavy atom. The number of nitrogens with two attached hydrogens (primary N) is 1. The molecule has 1 aromatic heterocycles. The second kappa shape index (κ2) is 5.34. The third-order valence-electron chi connectivity index (χ3n) is 3.69. The largest absolute Gasteiger partial charge is 0.465 e. The minimum atomic E-state index is -1.12. The van der Waals surface area contributed by atoms with Crippen LogP contribution in [0.1, 0.15) is 16.1 Å². The van der Waals surface area contributed by atoms with Crippen LogP contribution in [-0.2, 0) is 13.1 Å². The minimum absolute atomic E-state index is 0.0157. The van der Waals surface area contributed by atoms with Crippen LogP contribution in [-0.4, -0.2) is 38.3 Å². The van der Waals surface area contributed by atoms with Crippen molar-refractivity contribution in [2.45, 2.75) is 13.1 Å². The summed E-state index contributed by atoms with van der Waals surface area (Å²) in [5.74, 6) is -2.90. The van der Waals surface area contributed by atoms with Crippen molar-refractivity contribution in [2.75, 3.05) is 6.54 Å². The normalized spacial score (nSPS) is 13.7. The minimum Gasteiger partial charge on any atom is -0.465 e. The predicted molar refractivity (Wildman–Crippen MR) is 74.5 cm³/mol. The molecular formula is C14H12F2N4O3. The lowest BCUT2D eigenvalue weighted by Gasteiger charge is -2.25. The first kappa shape index (κ1) is 14.9. The number of benzene rings is 1. The molecule has 120 valence electrons. The average Bonchev–Trinajstić information content (AvgIpc) is 2.88. The molecule has 1 aliphatic heterocycles. The summed E-state index contributed by atoms with van der Waals surface area (Å²) in [4.78, 5) is 24.0. The maximum absolute atomic E-state index is 13.4. The van der Waals surface area contributed by atoms with E-state index < -0.39 is 23.6 Å². The number of fused-ring (bicyclic) bond motifs is 1. The Labute approximate surface area is 128 Å². The van der Waals surface area contributed by atoms with E-state index in [0.717, 1.165) is 17.0 Å². The van der Waals surface area contributed by atoms with Crippen LogP contribution < -0.4 is 5.73 Å². The van der Waals surface area contributed by atoms with Gasteiger partial charge in [-0.25, -0.2) is 13.6 Å². The van der Waals surface area contributed by atoms with E-state index in [9.17, 15) is 18.4 Å². The fourth-order valence-corrected chi connectivity index (χ4v) is 2.59. The van der Waals surface area contributed by atoms with E-state index in [1.54, 1.807) is 0 Å². The molecule has 0 saturated heterocycles. The van der Waals surface area contributed by atoms with Crippen LogP contribution >= 0.6 is 0 Å². The first-order valence-corrected chi connectivity index (χ1v) is 6.71. The Hall–Kier alpha value is -2.97. The monoisotopic (exact) mass is 322 g/mol. The zero-order chi connectivity index (χ0) is 16.7. The quantitative estimate of drug-likeness (QED) is 0.873. The van der Waals surface area contributed by atoms with Crippen LogP contribution in [0.15, 0.2) is 18.2 Å². The molecule has 0 aliphatic carbocycles. The van der Waals surface area contributed by atoms with Gasteiger partial charge in [0.2, 0.25) is 0 Å².